The Morgan fingerprint density at radius 1 is 0.872 bits per heavy atom. The zero-order valence-electron chi connectivity index (χ0n) is 22.6. The van der Waals surface area contributed by atoms with Crippen LogP contribution >= 0.6 is 0 Å². The van der Waals surface area contributed by atoms with E-state index in [4.69, 9.17) is 9.47 Å². The van der Waals surface area contributed by atoms with Gasteiger partial charge < -0.3 is 28.7 Å². The van der Waals surface area contributed by atoms with Crippen molar-refractivity contribution >= 4 is 22.0 Å². The largest absolute Gasteiger partial charge is 0.497 e. The summed E-state index contributed by atoms with van der Waals surface area (Å²) in [6.07, 6.45) is 3.22. The summed E-state index contributed by atoms with van der Waals surface area (Å²) in [6.45, 7) is 6.75. The van der Waals surface area contributed by atoms with E-state index in [1.54, 1.807) is 44.0 Å². The van der Waals surface area contributed by atoms with Gasteiger partial charge in [-0.1, -0.05) is 0 Å². The Kier molecular flexibility index (Phi) is 8.37. The molecule has 0 bridgehead atoms. The number of aromatic nitrogens is 4. The van der Waals surface area contributed by atoms with Gasteiger partial charge in [0.05, 0.1) is 56.8 Å². The van der Waals surface area contributed by atoms with Gasteiger partial charge in [0.1, 0.15) is 5.75 Å². The van der Waals surface area contributed by atoms with Gasteiger partial charge in [0.2, 0.25) is 10.0 Å². The number of sulfonamides is 1. The second-order valence-corrected chi connectivity index (χ2v) is 10.9. The number of carbonyl (C=O) groups excluding carboxylic acids is 2. The van der Waals surface area contributed by atoms with Crippen LogP contribution in [0.4, 0.5) is 0 Å². The van der Waals surface area contributed by atoms with Crippen LogP contribution in [0.15, 0.2) is 29.7 Å². The van der Waals surface area contributed by atoms with Crippen LogP contribution in [0.2, 0.25) is 0 Å². The lowest BCUT2D eigenvalue weighted by molar-refractivity contribution is 0.0583. The van der Waals surface area contributed by atoms with Crippen LogP contribution < -0.4 is 10.1 Å². The minimum Gasteiger partial charge on any atom is -0.497 e. The first kappa shape index (κ1) is 28.3. The van der Waals surface area contributed by atoms with Crippen molar-refractivity contribution in [3.05, 3.63) is 58.7 Å². The highest BCUT2D eigenvalue weighted by molar-refractivity contribution is 7.89. The Hall–Kier alpha value is -3.75. The highest BCUT2D eigenvalue weighted by Crippen LogP contribution is 2.30. The molecule has 1 N–H and O–H groups in total. The van der Waals surface area contributed by atoms with Crippen molar-refractivity contribution in [1.29, 1.82) is 0 Å². The summed E-state index contributed by atoms with van der Waals surface area (Å²) in [5.41, 5.74) is 3.27. The molecular weight excluding hydrogens is 528 g/mol. The van der Waals surface area contributed by atoms with Crippen molar-refractivity contribution in [3.8, 4) is 5.75 Å². The molecule has 0 aliphatic carbocycles. The molecule has 0 atom stereocenters. The van der Waals surface area contributed by atoms with E-state index in [2.05, 4.69) is 20.0 Å². The van der Waals surface area contributed by atoms with Crippen LogP contribution in [-0.4, -0.2) is 78.2 Å². The summed E-state index contributed by atoms with van der Waals surface area (Å²) >= 11 is 0. The first-order valence-corrected chi connectivity index (χ1v) is 13.7. The smallest absolute Gasteiger partial charge is 0.358 e. The summed E-state index contributed by atoms with van der Waals surface area (Å²) in [7, 11) is 0.449. The van der Waals surface area contributed by atoms with Crippen LogP contribution in [0.5, 0.6) is 5.75 Å². The number of rotatable bonds is 5. The molecule has 0 spiro atoms. The number of methoxy groups -OCH3 is 3. The maximum absolute atomic E-state index is 13.3. The number of esters is 2. The van der Waals surface area contributed by atoms with E-state index in [1.807, 2.05) is 4.57 Å². The molecule has 0 unspecified atom stereocenters. The number of fused-ring (bicyclic) bond motifs is 2. The SMILES string of the molecule is COC(=O)c1ncn2c1CN(S(=O)(=O)c1c(C)cc(OC)cc1C)CC2.COC(=O)c1ncn2c1CNCC2. The lowest BCUT2D eigenvalue weighted by atomic mass is 10.1. The molecule has 0 amide bonds. The quantitative estimate of drug-likeness (QED) is 0.453. The standard InChI is InChI=1S/C17H21N3O5S.C8H11N3O2/c1-11-7-13(24-3)8-12(2)16(11)26(22,23)20-6-5-19-10-18-15(14(19)9-20)17(21)25-4;1-13-8(12)7-6-4-9-2-3-11(6)5-10-7/h7-8,10H,5-6,9H2,1-4H3;5,9H,2-4H2,1H3. The second-order valence-electron chi connectivity index (χ2n) is 9.06. The third-order valence-electron chi connectivity index (χ3n) is 6.66. The Bertz CT molecular complexity index is 1470. The van der Waals surface area contributed by atoms with E-state index in [9.17, 15) is 18.0 Å². The Morgan fingerprint density at radius 2 is 1.44 bits per heavy atom. The third kappa shape index (κ3) is 5.53. The average molecular weight is 561 g/mol. The Labute approximate surface area is 226 Å². The molecule has 4 heterocycles. The summed E-state index contributed by atoms with van der Waals surface area (Å²) in [5, 5.41) is 3.18. The molecule has 39 heavy (non-hydrogen) atoms. The van der Waals surface area contributed by atoms with Gasteiger partial charge in [-0.25, -0.2) is 28.0 Å². The molecule has 0 saturated heterocycles. The van der Waals surface area contributed by atoms with Gasteiger partial charge in [-0.2, -0.15) is 4.31 Å². The molecule has 14 heteroatoms. The van der Waals surface area contributed by atoms with E-state index in [-0.39, 0.29) is 23.1 Å². The molecule has 2 aliphatic rings. The summed E-state index contributed by atoms with van der Waals surface area (Å²) in [5.74, 6) is -0.323. The molecule has 0 saturated carbocycles. The monoisotopic (exact) mass is 560 g/mol. The molecule has 1 aromatic carbocycles. The fraction of sp³-hybridized carbons (Fsp3) is 0.440. The van der Waals surface area contributed by atoms with Crippen molar-refractivity contribution in [2.45, 2.75) is 44.9 Å². The van der Waals surface area contributed by atoms with Gasteiger partial charge in [0.25, 0.3) is 0 Å². The summed E-state index contributed by atoms with van der Waals surface area (Å²) in [4.78, 5) is 31.4. The van der Waals surface area contributed by atoms with Crippen LogP contribution in [0.1, 0.15) is 43.5 Å². The van der Waals surface area contributed by atoms with Gasteiger partial charge in [-0.15, -0.1) is 0 Å². The normalized spacial score (nSPS) is 14.9. The number of nitrogens with zero attached hydrogens (tertiary/aromatic N) is 5. The van der Waals surface area contributed by atoms with Crippen molar-refractivity contribution in [2.24, 2.45) is 0 Å². The van der Waals surface area contributed by atoms with E-state index < -0.39 is 16.0 Å². The minimum absolute atomic E-state index is 0.0671. The van der Waals surface area contributed by atoms with Gasteiger partial charge in [-0.05, 0) is 37.1 Å². The number of nitrogens with one attached hydrogen (secondary N) is 1. The predicted octanol–water partition coefficient (Wildman–Crippen LogP) is 1.27. The molecule has 2 aliphatic heterocycles. The summed E-state index contributed by atoms with van der Waals surface area (Å²) in [6, 6.07) is 3.40. The van der Waals surface area contributed by atoms with Crippen molar-refractivity contribution in [2.75, 3.05) is 34.4 Å². The van der Waals surface area contributed by atoms with Gasteiger partial charge in [0, 0.05) is 32.7 Å². The number of ether oxygens (including phenoxy) is 3. The van der Waals surface area contributed by atoms with Crippen molar-refractivity contribution in [3.63, 3.8) is 0 Å². The van der Waals surface area contributed by atoms with Gasteiger partial charge in [0.15, 0.2) is 11.4 Å². The van der Waals surface area contributed by atoms with E-state index in [0.29, 0.717) is 47.9 Å². The van der Waals surface area contributed by atoms with E-state index in [1.165, 1.54) is 24.9 Å². The molecule has 5 rings (SSSR count). The Morgan fingerprint density at radius 3 is 2.00 bits per heavy atom. The number of hydrogen-bond acceptors (Lipinski definition) is 10. The number of hydrogen-bond donors (Lipinski definition) is 1. The van der Waals surface area contributed by atoms with Crippen LogP contribution in [0.3, 0.4) is 0 Å². The lowest BCUT2D eigenvalue weighted by Gasteiger charge is -2.29. The molecular formula is C25H32N6O7S. The maximum atomic E-state index is 13.3. The number of carbonyl (C=O) groups is 2. The van der Waals surface area contributed by atoms with Crippen LogP contribution in [0.25, 0.3) is 0 Å². The van der Waals surface area contributed by atoms with Gasteiger partial charge in [-0.3, -0.25) is 0 Å². The zero-order valence-corrected chi connectivity index (χ0v) is 23.4. The molecule has 0 fully saturated rings. The average Bonchev–Trinajstić information content (AvgIpc) is 3.56. The lowest BCUT2D eigenvalue weighted by Crippen LogP contribution is -2.39. The van der Waals surface area contributed by atoms with E-state index in [0.717, 1.165) is 18.8 Å². The predicted molar refractivity (Wildman–Crippen MR) is 139 cm³/mol. The minimum atomic E-state index is -3.73. The molecule has 3 aromatic rings. The topological polar surface area (TPSA) is 147 Å². The van der Waals surface area contributed by atoms with Gasteiger partial charge >= 0.3 is 11.9 Å². The molecule has 13 nitrogen and oxygen atoms in total. The zero-order chi connectivity index (χ0) is 28.3. The molecule has 0 radical (unpaired) electrons. The van der Waals surface area contributed by atoms with E-state index >= 15 is 0 Å². The first-order valence-electron chi connectivity index (χ1n) is 12.2. The number of benzene rings is 1. The number of aryl methyl sites for hydroxylation is 2. The second kappa shape index (κ2) is 11.6. The fourth-order valence-electron chi connectivity index (χ4n) is 4.73. The van der Waals surface area contributed by atoms with Crippen LogP contribution in [-0.2, 0) is 45.7 Å². The van der Waals surface area contributed by atoms with Crippen LogP contribution in [0, 0.1) is 13.8 Å². The molecule has 210 valence electrons. The summed E-state index contributed by atoms with van der Waals surface area (Å²) < 4.78 is 46.2. The molecule has 2 aromatic heterocycles. The Balaban J connectivity index is 0.000000226. The fourth-order valence-corrected chi connectivity index (χ4v) is 6.53. The third-order valence-corrected chi connectivity index (χ3v) is 8.81. The van der Waals surface area contributed by atoms with Crippen molar-refractivity contribution < 1.29 is 32.2 Å². The highest BCUT2D eigenvalue weighted by atomic mass is 32.2. The first-order chi connectivity index (χ1) is 18.6. The highest BCUT2D eigenvalue weighted by Gasteiger charge is 2.33. The maximum Gasteiger partial charge on any atom is 0.358 e. The van der Waals surface area contributed by atoms with Crippen molar-refractivity contribution in [1.82, 2.24) is 28.7 Å². The number of imidazole rings is 2.